The van der Waals surface area contributed by atoms with Gasteiger partial charge in [0, 0.05) is 0 Å². The summed E-state index contributed by atoms with van der Waals surface area (Å²) in [5.41, 5.74) is -0.442. The Morgan fingerprint density at radius 2 is 1.92 bits per heavy atom. The number of benzene rings is 1. The average Bonchev–Trinajstić information content (AvgIpc) is 2.77. The van der Waals surface area contributed by atoms with Gasteiger partial charge < -0.3 is 19.5 Å². The van der Waals surface area contributed by atoms with Crippen molar-refractivity contribution in [2.75, 3.05) is 19.8 Å². The normalized spacial score (nSPS) is 22.0. The molecule has 0 saturated carbocycles. The van der Waals surface area contributed by atoms with Gasteiger partial charge in [-0.1, -0.05) is 0 Å². The van der Waals surface area contributed by atoms with Gasteiger partial charge in [0.05, 0.1) is 37.5 Å². The van der Waals surface area contributed by atoms with E-state index in [9.17, 15) is 14.0 Å². The standard InChI is InChI=1S/C16H18FNO5.Li.H/c1-2-23-14-6-11(13(17)5-12(14)16(20)21)15(19)18-9-3-4-10(18)8-22-7-9;;/h5-6,9-10H,2-4,7-8H2,1H3,(H,20,21);;. The monoisotopic (exact) mass is 331 g/mol. The van der Waals surface area contributed by atoms with Crippen molar-refractivity contribution in [1.29, 1.82) is 0 Å². The number of hydrogen-bond donors (Lipinski definition) is 1. The van der Waals surface area contributed by atoms with Crippen molar-refractivity contribution in [1.82, 2.24) is 4.90 Å². The van der Waals surface area contributed by atoms with Crippen molar-refractivity contribution in [3.63, 3.8) is 0 Å². The van der Waals surface area contributed by atoms with Crippen molar-refractivity contribution in [2.45, 2.75) is 31.8 Å². The molecular formula is C16H19FLiNO5. The third-order valence-electron chi connectivity index (χ3n) is 4.30. The molecule has 0 aromatic heterocycles. The average molecular weight is 331 g/mol. The maximum atomic E-state index is 14.3. The zero-order chi connectivity index (χ0) is 16.6. The summed E-state index contributed by atoms with van der Waals surface area (Å²) in [5, 5.41) is 9.13. The third-order valence-corrected chi connectivity index (χ3v) is 4.30. The molecule has 0 spiro atoms. The number of ether oxygens (including phenoxy) is 2. The van der Waals surface area contributed by atoms with Crippen LogP contribution in [0.3, 0.4) is 0 Å². The van der Waals surface area contributed by atoms with Gasteiger partial charge in [0.1, 0.15) is 17.1 Å². The SMILES string of the molecule is CCOc1cc(C(=O)N2C3CCC2COC3)c(F)cc1C(=O)O.[LiH]. The van der Waals surface area contributed by atoms with Gasteiger partial charge in [-0.2, -0.15) is 0 Å². The van der Waals surface area contributed by atoms with Crippen molar-refractivity contribution in [2.24, 2.45) is 0 Å². The van der Waals surface area contributed by atoms with Crippen LogP contribution in [0.4, 0.5) is 4.39 Å². The summed E-state index contributed by atoms with van der Waals surface area (Å²) < 4.78 is 25.0. The Hall–Kier alpha value is -1.55. The number of carbonyl (C=O) groups excluding carboxylic acids is 1. The summed E-state index contributed by atoms with van der Waals surface area (Å²) in [5.74, 6) is -2.57. The summed E-state index contributed by atoms with van der Waals surface area (Å²) in [6, 6.07) is 1.95. The predicted octanol–water partition coefficient (Wildman–Crippen LogP) is 1.28. The second-order valence-electron chi connectivity index (χ2n) is 5.70. The zero-order valence-corrected chi connectivity index (χ0v) is 12.8. The van der Waals surface area contributed by atoms with E-state index >= 15 is 0 Å². The molecule has 24 heavy (non-hydrogen) atoms. The molecule has 0 radical (unpaired) electrons. The quantitative estimate of drug-likeness (QED) is 0.841. The molecule has 1 N–H and O–H groups in total. The van der Waals surface area contributed by atoms with E-state index in [1.165, 1.54) is 6.07 Å². The number of carbonyl (C=O) groups is 2. The van der Waals surface area contributed by atoms with E-state index in [0.717, 1.165) is 18.9 Å². The first-order chi connectivity index (χ1) is 11.0. The summed E-state index contributed by atoms with van der Waals surface area (Å²) in [6.45, 7) is 2.83. The van der Waals surface area contributed by atoms with Crippen LogP contribution in [0.5, 0.6) is 5.75 Å². The van der Waals surface area contributed by atoms with E-state index < -0.39 is 17.7 Å². The van der Waals surface area contributed by atoms with E-state index in [2.05, 4.69) is 0 Å². The van der Waals surface area contributed by atoms with Gasteiger partial charge in [-0.3, -0.25) is 4.79 Å². The molecular weight excluding hydrogens is 312 g/mol. The number of morpholine rings is 1. The second kappa shape index (κ2) is 7.56. The molecule has 126 valence electrons. The summed E-state index contributed by atoms with van der Waals surface area (Å²) in [6.07, 6.45) is 1.67. The molecule has 6 nitrogen and oxygen atoms in total. The van der Waals surface area contributed by atoms with Crippen LogP contribution < -0.4 is 4.74 Å². The van der Waals surface area contributed by atoms with Crippen LogP contribution in [0, 0.1) is 5.82 Å². The molecule has 2 saturated heterocycles. The Morgan fingerprint density at radius 3 is 2.46 bits per heavy atom. The minimum atomic E-state index is -1.29. The number of nitrogens with zero attached hydrogens (tertiary/aromatic N) is 1. The fraction of sp³-hybridized carbons (Fsp3) is 0.500. The van der Waals surface area contributed by atoms with E-state index in [4.69, 9.17) is 14.6 Å². The molecule has 8 heteroatoms. The third kappa shape index (κ3) is 3.29. The van der Waals surface area contributed by atoms with Crippen LogP contribution >= 0.6 is 0 Å². The topological polar surface area (TPSA) is 76.1 Å². The molecule has 2 aliphatic rings. The Kier molecular flexibility index (Phi) is 5.91. The number of carboxylic acids is 1. The number of rotatable bonds is 4. The molecule has 2 atom stereocenters. The van der Waals surface area contributed by atoms with E-state index in [1.807, 2.05) is 0 Å². The van der Waals surface area contributed by atoms with Crippen molar-refractivity contribution in [3.8, 4) is 5.75 Å². The van der Waals surface area contributed by atoms with Crippen LogP contribution in [-0.2, 0) is 4.74 Å². The van der Waals surface area contributed by atoms with Gasteiger partial charge in [0.25, 0.3) is 5.91 Å². The molecule has 0 aliphatic carbocycles. The first-order valence-corrected chi connectivity index (χ1v) is 7.63. The minimum absolute atomic E-state index is 0. The Balaban J connectivity index is 0.00000208. The molecule has 3 rings (SSSR count). The van der Waals surface area contributed by atoms with Crippen LogP contribution in [0.1, 0.15) is 40.5 Å². The van der Waals surface area contributed by atoms with E-state index in [-0.39, 0.29) is 54.4 Å². The first kappa shape index (κ1) is 18.8. The molecule has 2 heterocycles. The van der Waals surface area contributed by atoms with E-state index in [0.29, 0.717) is 13.2 Å². The number of amides is 1. The molecule has 1 amide bonds. The van der Waals surface area contributed by atoms with Crippen LogP contribution in [0.25, 0.3) is 0 Å². The molecule has 1 aromatic rings. The van der Waals surface area contributed by atoms with Gasteiger partial charge in [-0.15, -0.1) is 0 Å². The molecule has 2 unspecified atom stereocenters. The second-order valence-corrected chi connectivity index (χ2v) is 5.70. The van der Waals surface area contributed by atoms with Gasteiger partial charge in [-0.25, -0.2) is 9.18 Å². The van der Waals surface area contributed by atoms with Crippen molar-refractivity contribution >= 4 is 30.7 Å². The number of halogens is 1. The van der Waals surface area contributed by atoms with Gasteiger partial charge in [-0.05, 0) is 31.9 Å². The first-order valence-electron chi connectivity index (χ1n) is 7.63. The summed E-state index contributed by atoms with van der Waals surface area (Å²) in [7, 11) is 0. The zero-order valence-electron chi connectivity index (χ0n) is 12.8. The number of hydrogen-bond acceptors (Lipinski definition) is 4. The van der Waals surface area contributed by atoms with Crippen LogP contribution in [0.15, 0.2) is 12.1 Å². The number of aromatic carboxylic acids is 1. The van der Waals surface area contributed by atoms with Crippen molar-refractivity contribution < 1.29 is 28.6 Å². The summed E-state index contributed by atoms with van der Waals surface area (Å²) >= 11 is 0. The van der Waals surface area contributed by atoms with Crippen LogP contribution in [0.2, 0.25) is 0 Å². The Labute approximate surface area is 151 Å². The Morgan fingerprint density at radius 1 is 1.29 bits per heavy atom. The van der Waals surface area contributed by atoms with Crippen molar-refractivity contribution in [3.05, 3.63) is 29.1 Å². The maximum absolute atomic E-state index is 14.3. The molecule has 2 bridgehead atoms. The van der Waals surface area contributed by atoms with Gasteiger partial charge in [0.2, 0.25) is 0 Å². The number of carboxylic acid groups (broad SMARTS) is 1. The fourth-order valence-corrected chi connectivity index (χ4v) is 3.26. The van der Waals surface area contributed by atoms with Crippen LogP contribution in [-0.4, -0.2) is 72.6 Å². The molecule has 2 fully saturated rings. The number of fused-ring (bicyclic) bond motifs is 2. The Bertz CT molecular complexity index is 638. The molecule has 1 aromatic carbocycles. The van der Waals surface area contributed by atoms with E-state index in [1.54, 1.807) is 11.8 Å². The fourth-order valence-electron chi connectivity index (χ4n) is 3.26. The predicted molar refractivity (Wildman–Crippen MR) is 85.5 cm³/mol. The van der Waals surface area contributed by atoms with Gasteiger partial charge >= 0.3 is 24.8 Å². The molecule has 2 aliphatic heterocycles. The van der Waals surface area contributed by atoms with Gasteiger partial charge in [0.15, 0.2) is 0 Å². The summed E-state index contributed by atoms with van der Waals surface area (Å²) in [4.78, 5) is 25.6.